The zero-order valence-electron chi connectivity index (χ0n) is 36.4. The van der Waals surface area contributed by atoms with E-state index in [0.29, 0.717) is 44.9 Å². The van der Waals surface area contributed by atoms with Crippen molar-refractivity contribution in [2.45, 2.75) is 0 Å². The number of aromatic nitrogens is 4. The van der Waals surface area contributed by atoms with Gasteiger partial charge in [0.1, 0.15) is 6.61 Å². The molecule has 0 saturated heterocycles. The number of rotatable bonds is 13. The van der Waals surface area contributed by atoms with Gasteiger partial charge >= 0.3 is 11.9 Å². The van der Waals surface area contributed by atoms with E-state index in [1.807, 2.05) is 6.26 Å². The number of thioether (sulfide) groups is 1. The molecule has 0 aliphatic carbocycles. The maximum Gasteiger partial charge on any atom is 0.339 e. The Morgan fingerprint density at radius 3 is 1.46 bits per heavy atom. The number of carboxylic acid groups (broad SMARTS) is 1. The maximum atomic E-state index is 13.3. The second-order valence-corrected chi connectivity index (χ2v) is 16.8. The van der Waals surface area contributed by atoms with Crippen LogP contribution in [0, 0.1) is 0 Å². The topological polar surface area (TPSA) is 225 Å². The van der Waals surface area contributed by atoms with E-state index >= 15 is 0 Å². The molecule has 4 aromatic heterocycles. The molecule has 344 valence electrons. The third-order valence-corrected chi connectivity index (χ3v) is 12.0. The van der Waals surface area contributed by atoms with E-state index in [1.165, 1.54) is 21.9 Å². The highest BCUT2D eigenvalue weighted by molar-refractivity contribution is 7.98. The molecular formula is C49H40Cl2N8O8S. The lowest BCUT2D eigenvalue weighted by Crippen LogP contribution is -2.26. The summed E-state index contributed by atoms with van der Waals surface area (Å²) in [6.45, 7) is 0.272. The van der Waals surface area contributed by atoms with Gasteiger partial charge in [-0.1, -0.05) is 47.5 Å². The van der Waals surface area contributed by atoms with Crippen LogP contribution in [0.1, 0.15) is 62.1 Å². The van der Waals surface area contributed by atoms with Gasteiger partial charge in [0, 0.05) is 77.0 Å². The molecule has 0 unspecified atom stereocenters. The Morgan fingerprint density at radius 1 is 0.618 bits per heavy atom. The van der Waals surface area contributed by atoms with Crippen LogP contribution >= 0.6 is 35.0 Å². The third-order valence-electron chi connectivity index (χ3n) is 10.8. The summed E-state index contributed by atoms with van der Waals surface area (Å²) in [6, 6.07) is 29.6. The molecule has 0 atom stereocenters. The van der Waals surface area contributed by atoms with Crippen LogP contribution in [-0.2, 0) is 4.74 Å². The molecule has 0 fully saturated rings. The second kappa shape index (κ2) is 20.7. The number of primary amides is 2. The van der Waals surface area contributed by atoms with Crippen molar-refractivity contribution in [3.8, 4) is 22.3 Å². The highest BCUT2D eigenvalue weighted by atomic mass is 35.5. The first-order valence-electron chi connectivity index (χ1n) is 20.4. The minimum absolute atomic E-state index is 0.0863. The van der Waals surface area contributed by atoms with Gasteiger partial charge in [0.2, 0.25) is 11.8 Å². The number of carboxylic acids is 1. The minimum Gasteiger partial charge on any atom is -0.478 e. The van der Waals surface area contributed by atoms with Crippen molar-refractivity contribution >= 4 is 92.9 Å². The number of carbonyl (C=O) groups is 6. The van der Waals surface area contributed by atoms with Gasteiger partial charge in [-0.25, -0.2) is 18.6 Å². The zero-order valence-corrected chi connectivity index (χ0v) is 38.8. The van der Waals surface area contributed by atoms with Crippen LogP contribution in [-0.4, -0.2) is 92.6 Å². The predicted octanol–water partition coefficient (Wildman–Crippen LogP) is 8.28. The van der Waals surface area contributed by atoms with E-state index in [-0.39, 0.29) is 39.6 Å². The van der Waals surface area contributed by atoms with Gasteiger partial charge < -0.3 is 31.1 Å². The smallest absolute Gasteiger partial charge is 0.339 e. The summed E-state index contributed by atoms with van der Waals surface area (Å²) in [7, 11) is 3.18. The first-order chi connectivity index (χ1) is 32.6. The van der Waals surface area contributed by atoms with Crippen molar-refractivity contribution in [1.29, 1.82) is 0 Å². The number of carbonyl (C=O) groups excluding carboxylic acids is 5. The lowest BCUT2D eigenvalue weighted by Gasteiger charge is -2.19. The molecule has 5 N–H and O–H groups in total. The molecule has 0 bridgehead atoms. The number of anilines is 2. The van der Waals surface area contributed by atoms with Crippen LogP contribution < -0.4 is 21.3 Å². The van der Waals surface area contributed by atoms with Crippen molar-refractivity contribution in [3.05, 3.63) is 177 Å². The number of fused-ring (bicyclic) bond motifs is 2. The van der Waals surface area contributed by atoms with Crippen LogP contribution in [0.5, 0.6) is 0 Å². The fraction of sp³-hybridized carbons (Fsp3) is 0.102. The summed E-state index contributed by atoms with van der Waals surface area (Å²) < 4.78 is 8.56. The van der Waals surface area contributed by atoms with E-state index in [1.54, 1.807) is 157 Å². The molecule has 4 heterocycles. The molecule has 68 heavy (non-hydrogen) atoms. The minimum atomic E-state index is -1.18. The van der Waals surface area contributed by atoms with Crippen LogP contribution in [0.4, 0.5) is 11.4 Å². The number of pyridine rings is 2. The summed E-state index contributed by atoms with van der Waals surface area (Å²) in [5, 5.41) is 18.3. The third kappa shape index (κ3) is 10.3. The fourth-order valence-electron chi connectivity index (χ4n) is 6.98. The molecule has 4 aromatic carbocycles. The molecule has 0 aliphatic heterocycles. The Bertz CT molecular complexity index is 3270. The van der Waals surface area contributed by atoms with E-state index in [2.05, 4.69) is 10.2 Å². The van der Waals surface area contributed by atoms with E-state index in [9.17, 15) is 33.9 Å². The lowest BCUT2D eigenvalue weighted by molar-refractivity contribution is 0.0529. The van der Waals surface area contributed by atoms with Gasteiger partial charge in [0.05, 0.1) is 44.6 Å². The molecular weight excluding hydrogens is 932 g/mol. The van der Waals surface area contributed by atoms with Gasteiger partial charge in [0.15, 0.2) is 0 Å². The Labute approximate surface area is 402 Å². The van der Waals surface area contributed by atoms with Gasteiger partial charge in [-0.2, -0.15) is 22.0 Å². The molecule has 0 saturated carbocycles. The van der Waals surface area contributed by atoms with Crippen molar-refractivity contribution in [2.75, 3.05) is 42.5 Å². The van der Waals surface area contributed by atoms with Gasteiger partial charge in [-0.3, -0.25) is 19.2 Å². The largest absolute Gasteiger partial charge is 0.478 e. The van der Waals surface area contributed by atoms with Crippen molar-refractivity contribution in [1.82, 2.24) is 19.2 Å². The molecule has 4 amide bonds. The van der Waals surface area contributed by atoms with E-state index in [0.717, 1.165) is 27.8 Å². The number of halogens is 2. The van der Waals surface area contributed by atoms with Gasteiger partial charge in [-0.15, -0.1) is 0 Å². The van der Waals surface area contributed by atoms with Crippen LogP contribution in [0.2, 0.25) is 10.0 Å². The van der Waals surface area contributed by atoms with Gasteiger partial charge in [-0.05, 0) is 102 Å². The SMILES string of the molecule is CN(C(=O)c1ccn2ncc(-c3ccc(C(N)=O)cc3)c2c1)c1ccc(Cl)c(C(=O)O)c1.CSCCOC(=O)c1cc(N(C)C(=O)c2ccn3ncc(-c4ccc(C(N)=O)cc4)c3c2)ccc1Cl. The zero-order chi connectivity index (χ0) is 48.8. The number of amides is 4. The molecule has 0 aliphatic rings. The number of nitrogens with zero attached hydrogens (tertiary/aromatic N) is 6. The highest BCUT2D eigenvalue weighted by Crippen LogP contribution is 2.30. The Balaban J connectivity index is 0.000000203. The predicted molar refractivity (Wildman–Crippen MR) is 262 cm³/mol. The summed E-state index contributed by atoms with van der Waals surface area (Å²) in [6.07, 6.45) is 8.66. The van der Waals surface area contributed by atoms with Crippen LogP contribution in [0.3, 0.4) is 0 Å². The molecule has 0 radical (unpaired) electrons. The standard InChI is InChI=1S/C26H23ClN4O4S.C23H17ClN4O4/c1-30(19-7-8-22(27)20(14-19)26(34)35-11-12-36-2)25(33)18-9-10-31-23(13-18)21(15-29-31)16-3-5-17(6-4-16)24(28)32;1-27(16-6-7-19(24)17(11-16)23(31)32)22(30)15-8-9-28-20(10-15)18(12-26-28)13-2-4-14(5-3-13)21(25)29/h3-10,13-15H,11-12H2,1-2H3,(H2,28,32);2-12H,1H3,(H2,25,29)(H,31,32). The van der Waals surface area contributed by atoms with E-state index < -0.39 is 23.8 Å². The Kier molecular flexibility index (Phi) is 14.6. The Morgan fingerprint density at radius 2 is 1.04 bits per heavy atom. The number of benzene rings is 4. The fourth-order valence-corrected chi connectivity index (χ4v) is 7.62. The number of esters is 1. The molecule has 19 heteroatoms. The average Bonchev–Trinajstić information content (AvgIpc) is 3.98. The number of aromatic carboxylic acids is 1. The molecule has 8 rings (SSSR count). The maximum absolute atomic E-state index is 13.3. The number of ether oxygens (including phenoxy) is 1. The van der Waals surface area contributed by atoms with Crippen LogP contribution in [0.25, 0.3) is 33.3 Å². The second-order valence-electron chi connectivity index (χ2n) is 15.0. The summed E-state index contributed by atoms with van der Waals surface area (Å²) in [5.41, 5.74) is 17.9. The van der Waals surface area contributed by atoms with Crippen LogP contribution in [0.15, 0.2) is 134 Å². The monoisotopic (exact) mass is 970 g/mol. The van der Waals surface area contributed by atoms with Crippen molar-refractivity contribution < 1.29 is 38.6 Å². The first-order valence-corrected chi connectivity index (χ1v) is 22.5. The normalized spacial score (nSPS) is 10.8. The number of nitrogens with two attached hydrogens (primary N) is 2. The average molecular weight is 972 g/mol. The molecule has 0 spiro atoms. The molecule has 16 nitrogen and oxygen atoms in total. The Hall–Kier alpha value is -7.99. The van der Waals surface area contributed by atoms with Crippen molar-refractivity contribution in [2.24, 2.45) is 11.5 Å². The summed E-state index contributed by atoms with van der Waals surface area (Å²) in [5.74, 6) is -2.66. The number of hydrogen-bond donors (Lipinski definition) is 3. The summed E-state index contributed by atoms with van der Waals surface area (Å²) >= 11 is 13.7. The summed E-state index contributed by atoms with van der Waals surface area (Å²) in [4.78, 5) is 75.8. The number of hydrogen-bond acceptors (Lipinski definition) is 10. The lowest BCUT2D eigenvalue weighted by atomic mass is 10.0. The van der Waals surface area contributed by atoms with Gasteiger partial charge in [0.25, 0.3) is 11.8 Å². The first kappa shape index (κ1) is 48.0. The molecule has 8 aromatic rings. The van der Waals surface area contributed by atoms with E-state index in [4.69, 9.17) is 39.4 Å². The highest BCUT2D eigenvalue weighted by Gasteiger charge is 2.21. The van der Waals surface area contributed by atoms with Crippen molar-refractivity contribution in [3.63, 3.8) is 0 Å². The quantitative estimate of drug-likeness (QED) is 0.0736.